The molecule has 0 aliphatic rings. The van der Waals surface area contributed by atoms with Crippen LogP contribution in [0.1, 0.15) is 11.5 Å². The van der Waals surface area contributed by atoms with Gasteiger partial charge in [-0.05, 0) is 17.7 Å². The molecule has 4 rings (SSSR count). The first-order valence-corrected chi connectivity index (χ1v) is 9.29. The molecule has 3 aromatic heterocycles. The Morgan fingerprint density at radius 2 is 1.93 bits per heavy atom. The summed E-state index contributed by atoms with van der Waals surface area (Å²) in [6, 6.07) is 7.55. The lowest BCUT2D eigenvalue weighted by Crippen LogP contribution is -2.25. The van der Waals surface area contributed by atoms with Gasteiger partial charge in [0.25, 0.3) is 5.56 Å². The number of imidazole rings is 1. The topological polar surface area (TPSA) is 110 Å². The maximum absolute atomic E-state index is 13.0. The van der Waals surface area contributed by atoms with E-state index in [-0.39, 0.29) is 30.4 Å². The Kier molecular flexibility index (Phi) is 5.17. The van der Waals surface area contributed by atoms with Gasteiger partial charge in [0.15, 0.2) is 0 Å². The summed E-state index contributed by atoms with van der Waals surface area (Å²) in [5, 5.41) is 8.13. The zero-order chi connectivity index (χ0) is 20.4. The number of rotatable bonds is 7. The number of fused-ring (bicyclic) bond motifs is 1. The highest BCUT2D eigenvalue weighted by molar-refractivity contribution is 6.17. The van der Waals surface area contributed by atoms with Crippen LogP contribution in [0, 0.1) is 0 Å². The summed E-state index contributed by atoms with van der Waals surface area (Å²) >= 11 is 5.63. The molecule has 0 aliphatic heterocycles. The fraction of sp³-hybridized carbons (Fsp3) is 0.278. The summed E-state index contributed by atoms with van der Waals surface area (Å²) in [4.78, 5) is 28.9. The molecule has 0 aliphatic carbocycles. The van der Waals surface area contributed by atoms with Gasteiger partial charge in [-0.3, -0.25) is 4.79 Å². The molecule has 4 aromatic rings. The lowest BCUT2D eigenvalue weighted by Gasteiger charge is -2.07. The number of alkyl halides is 1. The van der Waals surface area contributed by atoms with E-state index in [9.17, 15) is 9.59 Å². The van der Waals surface area contributed by atoms with Crippen LogP contribution in [0.3, 0.4) is 0 Å². The fourth-order valence-corrected chi connectivity index (χ4v) is 3.11. The SMILES string of the molecule is COc1ccc(Cn2cnc3cnn(Cc4nn(CCCl)c(=O)o4)c(=O)c32)cc1. The van der Waals surface area contributed by atoms with E-state index >= 15 is 0 Å². The van der Waals surface area contributed by atoms with Crippen molar-refractivity contribution in [2.75, 3.05) is 13.0 Å². The van der Waals surface area contributed by atoms with Gasteiger partial charge < -0.3 is 13.7 Å². The highest BCUT2D eigenvalue weighted by Crippen LogP contribution is 2.14. The van der Waals surface area contributed by atoms with Crippen molar-refractivity contribution >= 4 is 22.6 Å². The Balaban J connectivity index is 1.66. The standard InChI is InChI=1S/C18H17ClN6O4/c1-28-13-4-2-12(3-5-13)9-23-11-20-14-8-21-25(17(26)16(14)23)10-15-22-24(7-6-19)18(27)29-15/h2-5,8,11H,6-7,9-10H2,1H3. The largest absolute Gasteiger partial charge is 0.497 e. The molecule has 0 bridgehead atoms. The molecule has 0 radical (unpaired) electrons. The zero-order valence-electron chi connectivity index (χ0n) is 15.5. The number of aryl methyl sites for hydroxylation is 1. The normalized spacial score (nSPS) is 11.2. The fourth-order valence-electron chi connectivity index (χ4n) is 2.95. The highest BCUT2D eigenvalue weighted by Gasteiger charge is 2.14. The average molecular weight is 417 g/mol. The van der Waals surface area contributed by atoms with Crippen molar-refractivity contribution in [3.63, 3.8) is 0 Å². The molecule has 0 fully saturated rings. The molecule has 0 unspecified atom stereocenters. The number of ether oxygens (including phenoxy) is 1. The van der Waals surface area contributed by atoms with Crippen LogP contribution in [0.15, 0.2) is 50.8 Å². The van der Waals surface area contributed by atoms with Gasteiger partial charge in [-0.2, -0.15) is 9.78 Å². The second kappa shape index (κ2) is 7.92. The number of hydrogen-bond acceptors (Lipinski definition) is 7. The molecule has 0 saturated heterocycles. The maximum Gasteiger partial charge on any atom is 0.437 e. The van der Waals surface area contributed by atoms with Crippen LogP contribution < -0.4 is 16.1 Å². The van der Waals surface area contributed by atoms with E-state index in [1.807, 2.05) is 24.3 Å². The van der Waals surface area contributed by atoms with E-state index in [2.05, 4.69) is 15.2 Å². The minimum absolute atomic E-state index is 0.0764. The van der Waals surface area contributed by atoms with E-state index in [1.165, 1.54) is 10.9 Å². The van der Waals surface area contributed by atoms with E-state index in [0.717, 1.165) is 16.0 Å². The van der Waals surface area contributed by atoms with Gasteiger partial charge in [-0.15, -0.1) is 16.7 Å². The van der Waals surface area contributed by atoms with E-state index in [0.29, 0.717) is 17.6 Å². The molecular formula is C18H17ClN6O4. The summed E-state index contributed by atoms with van der Waals surface area (Å²) in [7, 11) is 1.61. The minimum Gasteiger partial charge on any atom is -0.497 e. The molecule has 0 spiro atoms. The molecule has 10 nitrogen and oxygen atoms in total. The Morgan fingerprint density at radius 3 is 2.66 bits per heavy atom. The first-order valence-electron chi connectivity index (χ1n) is 8.75. The first-order chi connectivity index (χ1) is 14.1. The van der Waals surface area contributed by atoms with Crippen molar-refractivity contribution in [1.82, 2.24) is 29.1 Å². The summed E-state index contributed by atoms with van der Waals surface area (Å²) < 4.78 is 14.3. The molecule has 0 atom stereocenters. The maximum atomic E-state index is 13.0. The summed E-state index contributed by atoms with van der Waals surface area (Å²) in [6.07, 6.45) is 3.09. The number of aromatic nitrogens is 6. The molecular weight excluding hydrogens is 400 g/mol. The lowest BCUT2D eigenvalue weighted by atomic mass is 10.2. The summed E-state index contributed by atoms with van der Waals surface area (Å²) in [5.41, 5.74) is 1.51. The van der Waals surface area contributed by atoms with E-state index in [4.69, 9.17) is 20.8 Å². The molecule has 0 saturated carbocycles. The van der Waals surface area contributed by atoms with Crippen molar-refractivity contribution in [2.45, 2.75) is 19.6 Å². The summed E-state index contributed by atoms with van der Waals surface area (Å²) in [6.45, 7) is 0.603. The van der Waals surface area contributed by atoms with Crippen molar-refractivity contribution < 1.29 is 9.15 Å². The first kappa shape index (κ1) is 18.9. The van der Waals surface area contributed by atoms with Gasteiger partial charge in [0.2, 0.25) is 5.89 Å². The second-order valence-corrected chi connectivity index (χ2v) is 6.61. The second-order valence-electron chi connectivity index (χ2n) is 6.24. The predicted octanol–water partition coefficient (Wildman–Crippen LogP) is 1.09. The molecule has 11 heteroatoms. The van der Waals surface area contributed by atoms with Crippen molar-refractivity contribution in [2.24, 2.45) is 0 Å². The molecule has 1 aromatic carbocycles. The molecule has 0 N–H and O–H groups in total. The molecule has 0 amide bonds. The highest BCUT2D eigenvalue weighted by atomic mass is 35.5. The monoisotopic (exact) mass is 416 g/mol. The predicted molar refractivity (Wildman–Crippen MR) is 104 cm³/mol. The third kappa shape index (κ3) is 3.79. The van der Waals surface area contributed by atoms with Crippen molar-refractivity contribution in [3.8, 4) is 5.75 Å². The number of hydrogen-bond donors (Lipinski definition) is 0. The molecule has 29 heavy (non-hydrogen) atoms. The van der Waals surface area contributed by atoms with E-state index in [1.54, 1.807) is 18.0 Å². The quantitative estimate of drug-likeness (QED) is 0.414. The van der Waals surface area contributed by atoms with Crippen LogP contribution in [-0.2, 0) is 19.6 Å². The lowest BCUT2D eigenvalue weighted by molar-refractivity contribution is 0.414. The number of benzene rings is 1. The van der Waals surface area contributed by atoms with Crippen LogP contribution in [0.4, 0.5) is 0 Å². The van der Waals surface area contributed by atoms with Crippen molar-refractivity contribution in [1.29, 1.82) is 0 Å². The van der Waals surface area contributed by atoms with Gasteiger partial charge in [0.1, 0.15) is 23.3 Å². The van der Waals surface area contributed by atoms with Crippen molar-refractivity contribution in [3.05, 3.63) is 69.1 Å². The summed E-state index contributed by atoms with van der Waals surface area (Å²) in [5.74, 6) is 0.432. The smallest absolute Gasteiger partial charge is 0.437 e. The van der Waals surface area contributed by atoms with E-state index < -0.39 is 5.76 Å². The van der Waals surface area contributed by atoms with Gasteiger partial charge in [-0.1, -0.05) is 12.1 Å². The molecule has 3 heterocycles. The zero-order valence-corrected chi connectivity index (χ0v) is 16.2. The number of halogens is 1. The third-order valence-corrected chi connectivity index (χ3v) is 4.53. The van der Waals surface area contributed by atoms with Gasteiger partial charge in [-0.25, -0.2) is 14.5 Å². The Bertz CT molecular complexity index is 1250. The van der Waals surface area contributed by atoms with Crippen LogP contribution >= 0.6 is 11.6 Å². The van der Waals surface area contributed by atoms with Crippen LogP contribution in [0.25, 0.3) is 11.0 Å². The minimum atomic E-state index is -0.626. The average Bonchev–Trinajstić information content (AvgIpc) is 3.29. The number of nitrogens with zero attached hydrogens (tertiary/aromatic N) is 6. The van der Waals surface area contributed by atoms with Crippen LogP contribution in [0.5, 0.6) is 5.75 Å². The Hall–Kier alpha value is -3.40. The van der Waals surface area contributed by atoms with Crippen LogP contribution in [0.2, 0.25) is 0 Å². The molecule has 150 valence electrons. The third-order valence-electron chi connectivity index (χ3n) is 4.36. The Labute approximate surface area is 168 Å². The van der Waals surface area contributed by atoms with Gasteiger partial charge in [0.05, 0.1) is 26.2 Å². The van der Waals surface area contributed by atoms with Crippen LogP contribution in [-0.4, -0.2) is 42.1 Å². The van der Waals surface area contributed by atoms with Gasteiger partial charge in [0, 0.05) is 12.4 Å². The van der Waals surface area contributed by atoms with Gasteiger partial charge >= 0.3 is 5.76 Å². The number of methoxy groups -OCH3 is 1. The Morgan fingerprint density at radius 1 is 1.14 bits per heavy atom.